The number of carbonyl (C=O) groups is 1. The molecule has 6 heteroatoms. The van der Waals surface area contributed by atoms with Crippen LogP contribution in [-0.2, 0) is 4.79 Å². The summed E-state index contributed by atoms with van der Waals surface area (Å²) in [5, 5.41) is 10.3. The molecule has 2 heterocycles. The molecule has 0 spiro atoms. The molecule has 2 aromatic rings. The van der Waals surface area contributed by atoms with Gasteiger partial charge in [-0.15, -0.1) is 0 Å². The summed E-state index contributed by atoms with van der Waals surface area (Å²) in [6, 6.07) is 1.96. The number of ketones is 1. The number of nitrogens with zero attached hydrogens (tertiary/aromatic N) is 3. The Morgan fingerprint density at radius 2 is 2.10 bits per heavy atom. The fraction of sp³-hybridized carbons (Fsp3) is 0.333. The summed E-state index contributed by atoms with van der Waals surface area (Å²) in [5.74, 6) is 1.87. The first-order chi connectivity index (χ1) is 10.1. The fourth-order valence-corrected chi connectivity index (χ4v) is 2.21. The molecule has 0 atom stereocenters. The number of carbonyl (C=O) groups excluding carboxylic acids is 1. The normalized spacial score (nSPS) is 14.6. The van der Waals surface area contributed by atoms with Crippen molar-refractivity contribution in [3.8, 4) is 0 Å². The topological polar surface area (TPSA) is 83.6 Å². The number of hydrogen-bond donors (Lipinski definition) is 2. The molecule has 0 saturated heterocycles. The van der Waals surface area contributed by atoms with Crippen LogP contribution in [0.2, 0.25) is 0 Å². The maximum atomic E-state index is 11.3. The van der Waals surface area contributed by atoms with Crippen LogP contribution in [0.1, 0.15) is 44.0 Å². The van der Waals surface area contributed by atoms with E-state index in [0.717, 1.165) is 23.4 Å². The lowest BCUT2D eigenvalue weighted by molar-refractivity contribution is -0.114. The third-order valence-corrected chi connectivity index (χ3v) is 3.42. The minimum Gasteiger partial charge on any atom is -0.322 e. The molecule has 6 nitrogen and oxygen atoms in total. The molecule has 2 aromatic heterocycles. The Morgan fingerprint density at radius 3 is 2.76 bits per heavy atom. The predicted octanol–water partition coefficient (Wildman–Crippen LogP) is 2.81. The number of hydrogen-bond acceptors (Lipinski definition) is 5. The van der Waals surface area contributed by atoms with Gasteiger partial charge in [0.05, 0.1) is 18.1 Å². The lowest BCUT2D eigenvalue weighted by Gasteiger charge is -2.04. The summed E-state index contributed by atoms with van der Waals surface area (Å²) in [6.07, 6.45) is 6.27. The Labute approximate surface area is 122 Å². The van der Waals surface area contributed by atoms with Crippen molar-refractivity contribution < 1.29 is 4.79 Å². The van der Waals surface area contributed by atoms with Gasteiger partial charge in [-0.3, -0.25) is 14.9 Å². The Balaban J connectivity index is 1.79. The molecule has 0 radical (unpaired) electrons. The summed E-state index contributed by atoms with van der Waals surface area (Å²) >= 11 is 0. The van der Waals surface area contributed by atoms with Crippen molar-refractivity contribution in [2.75, 3.05) is 5.32 Å². The number of aromatic nitrogens is 4. The second-order valence-corrected chi connectivity index (χ2v) is 5.41. The van der Waals surface area contributed by atoms with Gasteiger partial charge < -0.3 is 5.32 Å². The Hall–Kier alpha value is -2.50. The summed E-state index contributed by atoms with van der Waals surface area (Å²) in [4.78, 5) is 20.0. The monoisotopic (exact) mass is 283 g/mol. The maximum Gasteiger partial charge on any atom is 0.156 e. The van der Waals surface area contributed by atoms with Gasteiger partial charge in [-0.1, -0.05) is 13.8 Å². The number of aromatic amines is 1. The van der Waals surface area contributed by atoms with Crippen LogP contribution in [0.5, 0.6) is 0 Å². The van der Waals surface area contributed by atoms with Crippen LogP contribution >= 0.6 is 0 Å². The zero-order chi connectivity index (χ0) is 14.8. The largest absolute Gasteiger partial charge is 0.322 e. The highest BCUT2D eigenvalue weighted by Crippen LogP contribution is 2.25. The molecule has 3 rings (SSSR count). The average Bonchev–Trinajstić information content (AvgIpc) is 3.08. The summed E-state index contributed by atoms with van der Waals surface area (Å²) in [6.45, 7) is 4.20. The van der Waals surface area contributed by atoms with Crippen molar-refractivity contribution in [3.05, 3.63) is 35.9 Å². The number of H-pyrrole nitrogens is 1. The molecule has 0 aromatic carbocycles. The van der Waals surface area contributed by atoms with E-state index >= 15 is 0 Å². The minimum atomic E-state index is 0.152. The highest BCUT2D eigenvalue weighted by molar-refractivity contribution is 6.01. The first-order valence-electron chi connectivity index (χ1n) is 7.00. The lowest BCUT2D eigenvalue weighted by Crippen LogP contribution is -1.98. The molecule has 0 amide bonds. The Bertz CT molecular complexity index is 702. The minimum absolute atomic E-state index is 0.152. The number of nitrogens with one attached hydrogen (secondary N) is 2. The van der Waals surface area contributed by atoms with Gasteiger partial charge in [0.15, 0.2) is 17.4 Å². The van der Waals surface area contributed by atoms with Gasteiger partial charge in [-0.25, -0.2) is 4.98 Å². The molecular formula is C15H17N5O. The smallest absolute Gasteiger partial charge is 0.156 e. The van der Waals surface area contributed by atoms with Crippen LogP contribution in [0.15, 0.2) is 24.5 Å². The van der Waals surface area contributed by atoms with Crippen LogP contribution in [0, 0.1) is 0 Å². The van der Waals surface area contributed by atoms with Crippen molar-refractivity contribution >= 4 is 23.0 Å². The van der Waals surface area contributed by atoms with Crippen LogP contribution in [0.4, 0.5) is 11.6 Å². The summed E-state index contributed by atoms with van der Waals surface area (Å²) < 4.78 is 0. The van der Waals surface area contributed by atoms with Crippen LogP contribution < -0.4 is 5.32 Å². The first kappa shape index (κ1) is 13.5. The van der Waals surface area contributed by atoms with Gasteiger partial charge in [-0.2, -0.15) is 5.10 Å². The quantitative estimate of drug-likeness (QED) is 0.901. The van der Waals surface area contributed by atoms with Crippen molar-refractivity contribution in [3.63, 3.8) is 0 Å². The van der Waals surface area contributed by atoms with E-state index in [1.54, 1.807) is 18.5 Å². The Morgan fingerprint density at radius 1 is 1.24 bits per heavy atom. The van der Waals surface area contributed by atoms with Crippen molar-refractivity contribution in [1.29, 1.82) is 0 Å². The molecule has 0 unspecified atom stereocenters. The maximum absolute atomic E-state index is 11.3. The van der Waals surface area contributed by atoms with Crippen LogP contribution in [0.3, 0.4) is 0 Å². The molecule has 108 valence electrons. The van der Waals surface area contributed by atoms with E-state index in [4.69, 9.17) is 0 Å². The molecule has 0 saturated carbocycles. The van der Waals surface area contributed by atoms with Gasteiger partial charge >= 0.3 is 0 Å². The third kappa shape index (κ3) is 2.99. The summed E-state index contributed by atoms with van der Waals surface area (Å²) in [5.41, 5.74) is 2.75. The molecule has 1 aliphatic carbocycles. The molecular weight excluding hydrogens is 266 g/mol. The van der Waals surface area contributed by atoms with Gasteiger partial charge in [0.1, 0.15) is 0 Å². The van der Waals surface area contributed by atoms with Gasteiger partial charge in [-0.05, 0) is 24.0 Å². The van der Waals surface area contributed by atoms with Crippen LogP contribution in [-0.4, -0.2) is 25.9 Å². The molecule has 0 aliphatic heterocycles. The lowest BCUT2D eigenvalue weighted by atomic mass is 10.1. The van der Waals surface area contributed by atoms with Gasteiger partial charge in [0.2, 0.25) is 0 Å². The molecule has 21 heavy (non-hydrogen) atoms. The highest BCUT2D eigenvalue weighted by atomic mass is 16.1. The van der Waals surface area contributed by atoms with E-state index < -0.39 is 0 Å². The molecule has 1 aliphatic rings. The van der Waals surface area contributed by atoms with E-state index in [1.807, 2.05) is 6.07 Å². The fourth-order valence-electron chi connectivity index (χ4n) is 2.21. The van der Waals surface area contributed by atoms with Crippen molar-refractivity contribution in [2.24, 2.45) is 0 Å². The highest BCUT2D eigenvalue weighted by Gasteiger charge is 2.15. The van der Waals surface area contributed by atoms with Crippen molar-refractivity contribution in [1.82, 2.24) is 20.2 Å². The molecule has 2 N–H and O–H groups in total. The van der Waals surface area contributed by atoms with Gasteiger partial charge in [0.25, 0.3) is 0 Å². The first-order valence-corrected chi connectivity index (χ1v) is 7.00. The zero-order valence-corrected chi connectivity index (χ0v) is 12.1. The average molecular weight is 283 g/mol. The SMILES string of the molecule is CC(C)c1cc(Nc2cncc(C3=CC(=O)CC3)n2)n[nH]1. The number of allylic oxidation sites excluding steroid dienone is 2. The standard InChI is InChI=1S/C15H17N5O/c1-9(2)12-6-14(20-19-12)18-15-8-16-7-13(17-15)10-3-4-11(21)5-10/h5-9H,3-4H2,1-2H3,(H2,17,18,19,20). The van der Waals surface area contributed by atoms with E-state index in [0.29, 0.717) is 24.0 Å². The Kier molecular flexibility index (Phi) is 3.51. The van der Waals surface area contributed by atoms with E-state index in [1.165, 1.54) is 0 Å². The molecule has 0 fully saturated rings. The third-order valence-electron chi connectivity index (χ3n) is 3.42. The summed E-state index contributed by atoms with van der Waals surface area (Å²) in [7, 11) is 0. The van der Waals surface area contributed by atoms with Crippen LogP contribution in [0.25, 0.3) is 5.57 Å². The van der Waals surface area contributed by atoms with Gasteiger partial charge in [0, 0.05) is 18.2 Å². The predicted molar refractivity (Wildman–Crippen MR) is 80.2 cm³/mol. The number of anilines is 2. The zero-order valence-electron chi connectivity index (χ0n) is 12.1. The van der Waals surface area contributed by atoms with E-state index in [-0.39, 0.29) is 5.78 Å². The second-order valence-electron chi connectivity index (χ2n) is 5.41. The van der Waals surface area contributed by atoms with E-state index in [9.17, 15) is 4.79 Å². The number of rotatable bonds is 4. The van der Waals surface area contributed by atoms with Crippen molar-refractivity contribution in [2.45, 2.75) is 32.6 Å². The van der Waals surface area contributed by atoms with E-state index in [2.05, 4.69) is 39.3 Å². The second kappa shape index (κ2) is 5.47. The molecule has 0 bridgehead atoms.